The molecule has 2 atom stereocenters. The molecule has 0 unspecified atom stereocenters. The number of nitrogens with one attached hydrogen (secondary N) is 1. The van der Waals surface area contributed by atoms with Crippen LogP contribution in [-0.4, -0.2) is 71.2 Å². The third-order valence-electron chi connectivity index (χ3n) is 5.85. The minimum absolute atomic E-state index is 0.00608. The smallest absolute Gasteiger partial charge is 0.257 e. The van der Waals surface area contributed by atoms with Gasteiger partial charge in [0.15, 0.2) is 0 Å². The van der Waals surface area contributed by atoms with Crippen molar-refractivity contribution in [2.45, 2.75) is 32.1 Å². The summed E-state index contributed by atoms with van der Waals surface area (Å²) in [7, 11) is 0. The van der Waals surface area contributed by atoms with Gasteiger partial charge in [-0.25, -0.2) is 0 Å². The summed E-state index contributed by atoms with van der Waals surface area (Å²) in [5, 5.41) is 9.27. The van der Waals surface area contributed by atoms with Crippen LogP contribution >= 0.6 is 11.3 Å². The van der Waals surface area contributed by atoms with Crippen LogP contribution in [0.5, 0.6) is 0 Å². The number of aromatic nitrogens is 2. The maximum atomic E-state index is 13.0. The van der Waals surface area contributed by atoms with Crippen LogP contribution in [-0.2, 0) is 16.0 Å². The number of hydrogen-bond donors (Lipinski definition) is 1. The molecule has 2 fully saturated rings. The normalized spacial score (nSPS) is 21.2. The van der Waals surface area contributed by atoms with Crippen LogP contribution in [0.25, 0.3) is 0 Å². The van der Waals surface area contributed by atoms with E-state index in [1.54, 1.807) is 17.5 Å². The third-order valence-corrected chi connectivity index (χ3v) is 6.75. The van der Waals surface area contributed by atoms with Crippen molar-refractivity contribution in [3.63, 3.8) is 0 Å². The van der Waals surface area contributed by atoms with Gasteiger partial charge in [0.25, 0.3) is 5.91 Å². The lowest BCUT2D eigenvalue weighted by atomic mass is 9.91. The molecule has 0 aromatic carbocycles. The Bertz CT molecular complexity index is 829. The summed E-state index contributed by atoms with van der Waals surface area (Å²) in [6.45, 7) is 5.80. The zero-order chi connectivity index (χ0) is 20.2. The monoisotopic (exact) mass is 416 g/mol. The largest absolute Gasteiger partial charge is 0.378 e. The van der Waals surface area contributed by atoms with Gasteiger partial charge < -0.3 is 14.5 Å². The number of thiophene rings is 1. The van der Waals surface area contributed by atoms with Crippen LogP contribution in [0.15, 0.2) is 23.7 Å². The number of carbonyl (C=O) groups excluding carboxylic acids is 2. The summed E-state index contributed by atoms with van der Waals surface area (Å²) in [4.78, 5) is 31.0. The molecular weight excluding hydrogens is 388 g/mol. The SMILES string of the molecule is C[C@@H](Cc1cccs1)C(=O)N1CCC[C@H](c2[nH]ncc2C(=O)N2CCOCC2)C1. The van der Waals surface area contributed by atoms with Crippen molar-refractivity contribution in [2.75, 3.05) is 39.4 Å². The highest BCUT2D eigenvalue weighted by Gasteiger charge is 2.32. The Morgan fingerprint density at radius 1 is 1.31 bits per heavy atom. The molecule has 2 aliphatic rings. The number of morpholine rings is 1. The number of H-pyrrole nitrogens is 1. The first-order valence-electron chi connectivity index (χ1n) is 10.3. The van der Waals surface area contributed by atoms with E-state index in [-0.39, 0.29) is 23.7 Å². The van der Waals surface area contributed by atoms with Gasteiger partial charge >= 0.3 is 0 Å². The van der Waals surface area contributed by atoms with Crippen LogP contribution in [0.3, 0.4) is 0 Å². The highest BCUT2D eigenvalue weighted by Crippen LogP contribution is 2.30. The number of nitrogens with zero attached hydrogens (tertiary/aromatic N) is 3. The Morgan fingerprint density at radius 2 is 2.14 bits per heavy atom. The van der Waals surface area contributed by atoms with Gasteiger partial charge in [0.2, 0.25) is 5.91 Å². The standard InChI is InChI=1S/C21H28N4O3S/c1-15(12-17-5-3-11-29-17)20(26)25-6-2-4-16(14-25)19-18(13-22-23-19)21(27)24-7-9-28-10-8-24/h3,5,11,13,15-16H,2,4,6-10,12,14H2,1H3,(H,22,23)/t15-,16-/m0/s1. The minimum Gasteiger partial charge on any atom is -0.378 e. The van der Waals surface area contributed by atoms with Gasteiger partial charge in [-0.3, -0.25) is 14.7 Å². The second-order valence-electron chi connectivity index (χ2n) is 7.91. The molecule has 29 heavy (non-hydrogen) atoms. The first-order chi connectivity index (χ1) is 14.1. The van der Waals surface area contributed by atoms with E-state index in [2.05, 4.69) is 21.6 Å². The summed E-state index contributed by atoms with van der Waals surface area (Å²) < 4.78 is 5.35. The van der Waals surface area contributed by atoms with Crippen LogP contribution < -0.4 is 0 Å². The fourth-order valence-corrected chi connectivity index (χ4v) is 5.09. The Hall–Kier alpha value is -2.19. The average Bonchev–Trinajstić information content (AvgIpc) is 3.45. The number of ether oxygens (including phenoxy) is 1. The highest BCUT2D eigenvalue weighted by molar-refractivity contribution is 7.09. The zero-order valence-corrected chi connectivity index (χ0v) is 17.6. The minimum atomic E-state index is -0.0383. The molecule has 0 radical (unpaired) electrons. The average molecular weight is 417 g/mol. The van der Waals surface area contributed by atoms with Crippen molar-refractivity contribution < 1.29 is 14.3 Å². The molecule has 2 aliphatic heterocycles. The molecule has 2 aromatic rings. The second kappa shape index (κ2) is 9.09. The van der Waals surface area contributed by atoms with E-state index in [1.165, 1.54) is 4.88 Å². The Labute approximate surface area is 175 Å². The second-order valence-corrected chi connectivity index (χ2v) is 8.94. The van der Waals surface area contributed by atoms with Gasteiger partial charge in [-0.1, -0.05) is 13.0 Å². The lowest BCUT2D eigenvalue weighted by Crippen LogP contribution is -2.43. The number of rotatable bonds is 5. The maximum absolute atomic E-state index is 13.0. The third kappa shape index (κ3) is 4.53. The molecule has 2 saturated heterocycles. The number of piperidine rings is 1. The molecule has 0 bridgehead atoms. The van der Waals surface area contributed by atoms with Gasteiger partial charge in [0.05, 0.1) is 30.7 Å². The van der Waals surface area contributed by atoms with E-state index in [0.29, 0.717) is 38.4 Å². The lowest BCUT2D eigenvalue weighted by molar-refractivity contribution is -0.136. The molecule has 2 aromatic heterocycles. The molecular formula is C21H28N4O3S. The van der Waals surface area contributed by atoms with E-state index in [4.69, 9.17) is 4.74 Å². The van der Waals surface area contributed by atoms with Gasteiger partial charge in [-0.05, 0) is 30.7 Å². The van der Waals surface area contributed by atoms with Crippen LogP contribution in [0.1, 0.15) is 46.6 Å². The van der Waals surface area contributed by atoms with Crippen molar-refractivity contribution in [3.05, 3.63) is 39.8 Å². The number of carbonyl (C=O) groups is 2. The highest BCUT2D eigenvalue weighted by atomic mass is 32.1. The molecule has 0 spiro atoms. The number of amides is 2. The number of hydrogen-bond acceptors (Lipinski definition) is 5. The van der Waals surface area contributed by atoms with E-state index in [1.807, 2.05) is 22.8 Å². The van der Waals surface area contributed by atoms with Crippen molar-refractivity contribution in [3.8, 4) is 0 Å². The maximum Gasteiger partial charge on any atom is 0.257 e. The first kappa shape index (κ1) is 20.1. The molecule has 8 heteroatoms. The van der Waals surface area contributed by atoms with Gasteiger partial charge in [0.1, 0.15) is 0 Å². The summed E-state index contributed by atoms with van der Waals surface area (Å²) >= 11 is 1.70. The number of likely N-dealkylation sites (tertiary alicyclic amines) is 1. The Kier molecular flexibility index (Phi) is 6.30. The first-order valence-corrected chi connectivity index (χ1v) is 11.2. The van der Waals surface area contributed by atoms with Crippen LogP contribution in [0.2, 0.25) is 0 Å². The van der Waals surface area contributed by atoms with Crippen LogP contribution in [0, 0.1) is 5.92 Å². The Balaban J connectivity index is 1.43. The topological polar surface area (TPSA) is 78.5 Å². The fourth-order valence-electron chi connectivity index (χ4n) is 4.26. The predicted molar refractivity (Wildman–Crippen MR) is 111 cm³/mol. The van der Waals surface area contributed by atoms with Crippen molar-refractivity contribution in [1.29, 1.82) is 0 Å². The summed E-state index contributed by atoms with van der Waals surface area (Å²) in [6.07, 6.45) is 4.30. The van der Waals surface area contributed by atoms with Crippen molar-refractivity contribution in [1.82, 2.24) is 20.0 Å². The van der Waals surface area contributed by atoms with Crippen LogP contribution in [0.4, 0.5) is 0 Å². The van der Waals surface area contributed by atoms with Crippen molar-refractivity contribution >= 4 is 23.2 Å². The van der Waals surface area contributed by atoms with Gasteiger partial charge in [-0.2, -0.15) is 5.10 Å². The summed E-state index contributed by atoms with van der Waals surface area (Å²) in [5.74, 6) is 0.281. The number of aromatic amines is 1. The molecule has 4 heterocycles. The van der Waals surface area contributed by atoms with E-state index >= 15 is 0 Å². The summed E-state index contributed by atoms with van der Waals surface area (Å²) in [6, 6.07) is 4.11. The Morgan fingerprint density at radius 3 is 2.90 bits per heavy atom. The zero-order valence-electron chi connectivity index (χ0n) is 16.8. The molecule has 7 nitrogen and oxygen atoms in total. The molecule has 0 saturated carbocycles. The van der Waals surface area contributed by atoms with Crippen molar-refractivity contribution in [2.24, 2.45) is 5.92 Å². The lowest BCUT2D eigenvalue weighted by Gasteiger charge is -2.34. The predicted octanol–water partition coefficient (Wildman–Crippen LogP) is 2.53. The molecule has 1 N–H and O–H groups in total. The van der Waals surface area contributed by atoms with E-state index in [9.17, 15) is 9.59 Å². The van der Waals surface area contributed by atoms with E-state index < -0.39 is 0 Å². The molecule has 2 amide bonds. The molecule has 4 rings (SSSR count). The quantitative estimate of drug-likeness (QED) is 0.812. The van der Waals surface area contributed by atoms with Gasteiger partial charge in [0, 0.05) is 42.9 Å². The molecule has 0 aliphatic carbocycles. The summed E-state index contributed by atoms with van der Waals surface area (Å²) in [5.41, 5.74) is 1.50. The van der Waals surface area contributed by atoms with E-state index in [0.717, 1.165) is 31.5 Å². The molecule has 156 valence electrons. The fraction of sp³-hybridized carbons (Fsp3) is 0.571. The van der Waals surface area contributed by atoms with Gasteiger partial charge in [-0.15, -0.1) is 11.3 Å².